The number of carboxylic acids is 1. The number of phenolic OH excluding ortho intramolecular Hbond substituents is 1. The Hall–Kier alpha value is -3.40. The van der Waals surface area contributed by atoms with E-state index in [0.717, 1.165) is 72.5 Å². The molecule has 1 fully saturated rings. The summed E-state index contributed by atoms with van der Waals surface area (Å²) in [6.07, 6.45) is 5.80. The largest absolute Gasteiger partial charge is 1.00 e. The van der Waals surface area contributed by atoms with E-state index < -0.39 is 11.4 Å². The minimum absolute atomic E-state index is 0. The van der Waals surface area contributed by atoms with E-state index in [-0.39, 0.29) is 111 Å². The van der Waals surface area contributed by atoms with Crippen molar-refractivity contribution in [2.24, 2.45) is 27.1 Å². The number of benzene rings is 4. The number of esters is 2. The van der Waals surface area contributed by atoms with Gasteiger partial charge in [0, 0.05) is 108 Å². The Labute approximate surface area is 507 Å². The molecule has 0 spiro atoms. The van der Waals surface area contributed by atoms with Crippen molar-refractivity contribution in [2.75, 3.05) is 53.7 Å². The number of aromatic hydroxyl groups is 1. The van der Waals surface area contributed by atoms with E-state index in [1.807, 2.05) is 58.7 Å². The number of halogens is 4. The molecule has 0 amide bonds. The van der Waals surface area contributed by atoms with Crippen molar-refractivity contribution in [1.29, 1.82) is 0 Å². The zero-order chi connectivity index (χ0) is 52.1. The Morgan fingerprint density at radius 1 is 0.770 bits per heavy atom. The summed E-state index contributed by atoms with van der Waals surface area (Å²) in [4.78, 5) is 45.3. The van der Waals surface area contributed by atoms with Crippen LogP contribution in [0.5, 0.6) is 5.75 Å². The molecule has 0 bridgehead atoms. The number of hydrogen-bond donors (Lipinski definition) is 3. The molecule has 1 aliphatic rings. The first-order chi connectivity index (χ1) is 33.1. The topological polar surface area (TPSA) is 253 Å². The Kier molecular flexibility index (Phi) is 36.7. The van der Waals surface area contributed by atoms with Gasteiger partial charge in [-0.25, -0.2) is 14.4 Å². The average Bonchev–Trinajstić information content (AvgIpc) is 4.02. The zero-order valence-corrected chi connectivity index (χ0v) is 52.5. The number of aliphatic hydroxyl groups is 1. The number of morpholine rings is 1. The third kappa shape index (κ3) is 25.2. The van der Waals surface area contributed by atoms with Gasteiger partial charge in [0.1, 0.15) is 5.75 Å². The molecule has 19 nitrogen and oxygen atoms in total. The number of rotatable bonds is 8. The van der Waals surface area contributed by atoms with Crippen LogP contribution in [0.1, 0.15) is 54.0 Å². The van der Waals surface area contributed by atoms with Gasteiger partial charge < -0.3 is 46.1 Å². The fourth-order valence-corrected chi connectivity index (χ4v) is 7.78. The third-order valence-electron chi connectivity index (χ3n) is 9.37. The SMILES string of the molecule is CC(C)COC(=O)Cl.CCOC(=O)Cc1ccccc1O.CN1CCOCC1.COC(=O)c1cc(Br)c2cn(C)nc2c1.Cn1cc2c(Br)cc(C(=O)O)cc2n1.Cn1cc2c(Br)cc(CO)cc2n1.[B].[H-].[Na+].[Na+].[OH-]. The minimum atomic E-state index is -0.946. The predicted molar refractivity (Wildman–Crippen MR) is 287 cm³/mol. The first-order valence-corrected chi connectivity index (χ1v) is 24.2. The molecule has 7 aromatic rings. The molecule has 74 heavy (non-hydrogen) atoms. The standard InChI is InChI=1S/C10H9BrN2O2.C10H12O3.C9H7BrN2O2.C9H9BrN2O.C5H9ClO2.C5H11NO.B.2Na.H2O.H/c1-13-5-7-8(11)3-6(10(14)15-2)4-9(7)12-13;1-2-13-10(12)7-8-5-3-4-6-9(8)11;1-12-4-6-7(10)2-5(9(13)14)3-8(6)11-12;1-12-4-7-8(10)2-6(5-13)3-9(7)11-12;1-4(2)3-8-5(6)7;1-6-2-4-7-5-3-6;;;;;/h3-5H,1-2H3;3-6,11H,2,7H2,1H3;2-4H,1H3,(H,13,14);2-4,13H,5H2,1H3;4H,3H2,1-2H3;2-5H2,1H3;;;;1H2;/q;;;;;;;2*+1;;-1/p-1. The van der Waals surface area contributed by atoms with E-state index in [2.05, 4.69) is 84.5 Å². The van der Waals surface area contributed by atoms with Crippen LogP contribution in [0, 0.1) is 5.92 Å². The maximum absolute atomic E-state index is 11.3. The number of aromatic nitrogens is 6. The van der Waals surface area contributed by atoms with Crippen molar-refractivity contribution in [2.45, 2.75) is 33.8 Å². The van der Waals surface area contributed by atoms with Gasteiger partial charge in [-0.05, 0) is 67.9 Å². The van der Waals surface area contributed by atoms with Gasteiger partial charge in [-0.15, -0.1) is 0 Å². The number of fused-ring (bicyclic) bond motifs is 3. The number of para-hydroxylation sites is 1. The van der Waals surface area contributed by atoms with Crippen molar-refractivity contribution in [3.8, 4) is 5.75 Å². The number of carbonyl (C=O) groups is 4. The molecule has 1 aliphatic heterocycles. The summed E-state index contributed by atoms with van der Waals surface area (Å²) in [5.41, 5.74) is 3.84. The molecule has 4 N–H and O–H groups in total. The molecule has 8 rings (SSSR count). The van der Waals surface area contributed by atoms with Gasteiger partial charge in [0.2, 0.25) is 0 Å². The molecule has 0 unspecified atom stereocenters. The molecule has 0 aliphatic carbocycles. The second kappa shape index (κ2) is 37.4. The monoisotopic (exact) mass is 1250 g/mol. The number of nitrogens with zero attached hydrogens (tertiary/aromatic N) is 7. The Morgan fingerprint density at radius 2 is 1.23 bits per heavy atom. The number of carboxylic acid groups (broad SMARTS) is 1. The summed E-state index contributed by atoms with van der Waals surface area (Å²) in [6.45, 7) is 10.5. The minimum Gasteiger partial charge on any atom is -1.00 e. The maximum atomic E-state index is 11.3. The average molecular weight is 1260 g/mol. The van der Waals surface area contributed by atoms with Gasteiger partial charge in [-0.2, -0.15) is 15.3 Å². The first-order valence-electron chi connectivity index (χ1n) is 21.5. The van der Waals surface area contributed by atoms with Gasteiger partial charge >= 0.3 is 82.5 Å². The number of aliphatic hydroxyl groups excluding tert-OH is 1. The fraction of sp³-hybridized carbons (Fsp3) is 0.354. The smallest absolute Gasteiger partial charge is 1.00 e. The van der Waals surface area contributed by atoms with Crippen LogP contribution >= 0.6 is 59.4 Å². The Morgan fingerprint density at radius 3 is 1.62 bits per heavy atom. The molecular formula is C48H59BBr3ClN7Na2O12. The molecule has 0 atom stereocenters. The van der Waals surface area contributed by atoms with Crippen LogP contribution in [-0.2, 0) is 57.9 Å². The van der Waals surface area contributed by atoms with E-state index in [9.17, 15) is 24.3 Å². The number of methoxy groups -OCH3 is 1. The summed E-state index contributed by atoms with van der Waals surface area (Å²) >= 11 is 15.0. The molecule has 4 aromatic carbocycles. The van der Waals surface area contributed by atoms with Crippen LogP contribution in [0.3, 0.4) is 0 Å². The van der Waals surface area contributed by atoms with Crippen LogP contribution < -0.4 is 59.1 Å². The summed E-state index contributed by atoms with van der Waals surface area (Å²) in [5, 5.41) is 42.7. The predicted octanol–water partition coefficient (Wildman–Crippen LogP) is 3.01. The summed E-state index contributed by atoms with van der Waals surface area (Å²) in [7, 11) is 8.99. The number of hydrogen-bond acceptors (Lipinski definition) is 15. The van der Waals surface area contributed by atoms with Crippen LogP contribution in [-0.4, -0.2) is 140 Å². The number of carbonyl (C=O) groups excluding carboxylic acids is 3. The molecule has 3 radical (unpaired) electrons. The van der Waals surface area contributed by atoms with Crippen LogP contribution in [0.4, 0.5) is 4.79 Å². The summed E-state index contributed by atoms with van der Waals surface area (Å²) < 4.78 is 26.6. The van der Waals surface area contributed by atoms with Gasteiger partial charge in [0.05, 0.1) is 74.2 Å². The van der Waals surface area contributed by atoms with Gasteiger partial charge in [-0.1, -0.05) is 79.8 Å². The number of phenols is 1. The molecule has 391 valence electrons. The third-order valence-corrected chi connectivity index (χ3v) is 11.5. The first kappa shape index (κ1) is 72.7. The number of ether oxygens (including phenoxy) is 4. The van der Waals surface area contributed by atoms with Crippen molar-refractivity contribution in [3.63, 3.8) is 0 Å². The molecular weight excluding hydrogens is 1200 g/mol. The van der Waals surface area contributed by atoms with Crippen LogP contribution in [0.25, 0.3) is 32.7 Å². The number of likely N-dealkylation sites (N-methyl/N-ethyl adjacent to an activating group) is 1. The van der Waals surface area contributed by atoms with E-state index in [1.165, 1.54) is 7.11 Å². The van der Waals surface area contributed by atoms with Crippen LogP contribution in [0.15, 0.2) is 92.7 Å². The van der Waals surface area contributed by atoms with Crippen molar-refractivity contribution in [1.82, 2.24) is 34.2 Å². The maximum Gasteiger partial charge on any atom is 1.00 e. The van der Waals surface area contributed by atoms with Crippen molar-refractivity contribution in [3.05, 3.63) is 115 Å². The van der Waals surface area contributed by atoms with Gasteiger partial charge in [-0.3, -0.25) is 18.8 Å². The van der Waals surface area contributed by atoms with E-state index >= 15 is 0 Å². The summed E-state index contributed by atoms with van der Waals surface area (Å²) in [5.74, 6) is -1.13. The van der Waals surface area contributed by atoms with E-state index in [4.69, 9.17) is 31.3 Å². The van der Waals surface area contributed by atoms with E-state index in [0.29, 0.717) is 35.8 Å². The molecule has 3 aromatic heterocycles. The number of aryl methyl sites for hydroxylation is 3. The summed E-state index contributed by atoms with van der Waals surface area (Å²) in [6, 6.07) is 17.1. The quantitative estimate of drug-likeness (QED) is 0.0856. The Bertz CT molecular complexity index is 2860. The van der Waals surface area contributed by atoms with Crippen molar-refractivity contribution >= 4 is 124 Å². The number of aromatic carboxylic acids is 1. The second-order valence-corrected chi connectivity index (χ2v) is 18.5. The molecule has 1 saturated heterocycles. The van der Waals surface area contributed by atoms with Gasteiger partial charge in [0.15, 0.2) is 0 Å². The van der Waals surface area contributed by atoms with Gasteiger partial charge in [0.25, 0.3) is 0 Å². The van der Waals surface area contributed by atoms with Crippen LogP contribution in [0.2, 0.25) is 0 Å². The molecule has 4 heterocycles. The second-order valence-electron chi connectivity index (χ2n) is 15.6. The van der Waals surface area contributed by atoms with E-state index in [1.54, 1.807) is 76.5 Å². The Balaban J connectivity index is -0.000000832. The van der Waals surface area contributed by atoms with Crippen molar-refractivity contribution < 1.29 is 119 Å². The molecule has 0 saturated carbocycles. The molecule has 26 heteroatoms. The normalized spacial score (nSPS) is 11.2. The zero-order valence-electron chi connectivity index (χ0n) is 44.0. The fourth-order valence-electron chi connectivity index (χ4n) is 6.02.